The molecule has 16 heavy (non-hydrogen) atoms. The van der Waals surface area contributed by atoms with Crippen LogP contribution in [0.4, 0.5) is 0 Å². The van der Waals surface area contributed by atoms with E-state index < -0.39 is 0 Å². The lowest BCUT2D eigenvalue weighted by Crippen LogP contribution is -2.15. The Labute approximate surface area is 113 Å². The predicted molar refractivity (Wildman–Crippen MR) is 70.6 cm³/mol. The summed E-state index contributed by atoms with van der Waals surface area (Å²) in [5.74, 6) is 1.22. The molecule has 0 spiro atoms. The van der Waals surface area contributed by atoms with Crippen LogP contribution in [0.2, 0.25) is 10.0 Å². The van der Waals surface area contributed by atoms with Crippen LogP contribution in [0.15, 0.2) is 16.6 Å². The van der Waals surface area contributed by atoms with Gasteiger partial charge in [-0.3, -0.25) is 0 Å². The summed E-state index contributed by atoms with van der Waals surface area (Å²) in [5, 5.41) is 4.50. The summed E-state index contributed by atoms with van der Waals surface area (Å²) >= 11 is 15.4. The van der Waals surface area contributed by atoms with Crippen molar-refractivity contribution in [3.05, 3.63) is 26.7 Å². The highest BCUT2D eigenvalue weighted by atomic mass is 79.9. The molecule has 1 aliphatic rings. The monoisotopic (exact) mass is 323 g/mol. The number of hydrogen-bond donors (Lipinski definition) is 1. The van der Waals surface area contributed by atoms with Crippen molar-refractivity contribution in [3.63, 3.8) is 0 Å². The van der Waals surface area contributed by atoms with E-state index >= 15 is 0 Å². The summed E-state index contributed by atoms with van der Waals surface area (Å²) in [5.41, 5.74) is 0. The Morgan fingerprint density at radius 1 is 1.38 bits per heavy atom. The molecule has 1 saturated heterocycles. The smallest absolute Gasteiger partial charge is 0.139 e. The Morgan fingerprint density at radius 2 is 2.19 bits per heavy atom. The van der Waals surface area contributed by atoms with Crippen LogP contribution in [0.3, 0.4) is 0 Å². The van der Waals surface area contributed by atoms with Gasteiger partial charge in [0.25, 0.3) is 0 Å². The van der Waals surface area contributed by atoms with Gasteiger partial charge in [-0.1, -0.05) is 23.2 Å². The molecule has 1 N–H and O–H groups in total. The van der Waals surface area contributed by atoms with Gasteiger partial charge in [-0.2, -0.15) is 0 Å². The second-order valence-corrected chi connectivity index (χ2v) is 5.54. The van der Waals surface area contributed by atoms with E-state index in [0.29, 0.717) is 28.3 Å². The van der Waals surface area contributed by atoms with E-state index in [-0.39, 0.29) is 0 Å². The van der Waals surface area contributed by atoms with Gasteiger partial charge in [-0.05, 0) is 35.0 Å². The minimum atomic E-state index is 0.568. The highest BCUT2D eigenvalue weighted by Gasteiger charge is 2.16. The van der Waals surface area contributed by atoms with E-state index in [1.54, 1.807) is 12.1 Å². The second kappa shape index (κ2) is 5.58. The van der Waals surface area contributed by atoms with Crippen LogP contribution in [0.25, 0.3) is 0 Å². The molecule has 0 bridgehead atoms. The zero-order valence-corrected chi connectivity index (χ0v) is 11.7. The van der Waals surface area contributed by atoms with Crippen molar-refractivity contribution in [3.8, 4) is 5.75 Å². The van der Waals surface area contributed by atoms with Crippen molar-refractivity contribution in [1.82, 2.24) is 5.32 Å². The first kappa shape index (κ1) is 12.5. The highest BCUT2D eigenvalue weighted by molar-refractivity contribution is 9.10. The normalized spacial score (nSPS) is 20.1. The minimum Gasteiger partial charge on any atom is -0.492 e. The van der Waals surface area contributed by atoms with Crippen molar-refractivity contribution in [2.24, 2.45) is 5.92 Å². The second-order valence-electron chi connectivity index (χ2n) is 3.87. The molecule has 1 atom stereocenters. The number of benzene rings is 1. The van der Waals surface area contributed by atoms with Gasteiger partial charge in [0.2, 0.25) is 0 Å². The van der Waals surface area contributed by atoms with Crippen LogP contribution >= 0.6 is 39.1 Å². The standard InChI is InChI=1S/C11H12BrCl2NO/c12-8-3-10(14)11(4-9(8)13)16-6-7-1-2-15-5-7/h3-4,7,15H,1-2,5-6H2. The van der Waals surface area contributed by atoms with E-state index in [1.165, 1.54) is 0 Å². The first-order chi connectivity index (χ1) is 7.66. The molecular weight excluding hydrogens is 313 g/mol. The van der Waals surface area contributed by atoms with Gasteiger partial charge in [-0.15, -0.1) is 0 Å². The molecule has 0 saturated carbocycles. The van der Waals surface area contributed by atoms with Gasteiger partial charge in [0.1, 0.15) is 5.75 Å². The van der Waals surface area contributed by atoms with Crippen LogP contribution in [-0.2, 0) is 0 Å². The van der Waals surface area contributed by atoms with Gasteiger partial charge in [0, 0.05) is 23.0 Å². The van der Waals surface area contributed by atoms with E-state index in [1.807, 2.05) is 0 Å². The molecule has 0 amide bonds. The lowest BCUT2D eigenvalue weighted by atomic mass is 10.1. The maximum absolute atomic E-state index is 6.06. The Morgan fingerprint density at radius 3 is 2.88 bits per heavy atom. The summed E-state index contributed by atoms with van der Waals surface area (Å²) in [6.07, 6.45) is 1.15. The Hall–Kier alpha value is 0.0400. The molecule has 2 nitrogen and oxygen atoms in total. The molecule has 1 aliphatic heterocycles. The topological polar surface area (TPSA) is 21.3 Å². The van der Waals surface area contributed by atoms with Gasteiger partial charge >= 0.3 is 0 Å². The average Bonchev–Trinajstić information content (AvgIpc) is 2.74. The Bertz CT molecular complexity index is 380. The zero-order valence-electron chi connectivity index (χ0n) is 8.60. The Kier molecular flexibility index (Phi) is 4.36. The molecule has 1 unspecified atom stereocenters. The third kappa shape index (κ3) is 3.04. The van der Waals surface area contributed by atoms with Crippen molar-refractivity contribution < 1.29 is 4.74 Å². The van der Waals surface area contributed by atoms with E-state index in [9.17, 15) is 0 Å². The van der Waals surface area contributed by atoms with E-state index in [0.717, 1.165) is 24.0 Å². The average molecular weight is 325 g/mol. The maximum atomic E-state index is 6.06. The third-order valence-electron chi connectivity index (χ3n) is 2.61. The van der Waals surface area contributed by atoms with Crippen LogP contribution < -0.4 is 10.1 Å². The van der Waals surface area contributed by atoms with Crippen LogP contribution in [0, 0.1) is 5.92 Å². The molecule has 1 aromatic carbocycles. The lowest BCUT2D eigenvalue weighted by Gasteiger charge is -2.12. The first-order valence-electron chi connectivity index (χ1n) is 5.15. The van der Waals surface area contributed by atoms with E-state index in [2.05, 4.69) is 21.2 Å². The van der Waals surface area contributed by atoms with Crippen LogP contribution in [0.1, 0.15) is 6.42 Å². The molecule has 1 heterocycles. The Balaban J connectivity index is 2.00. The molecule has 0 radical (unpaired) electrons. The van der Waals surface area contributed by atoms with Crippen LogP contribution in [-0.4, -0.2) is 19.7 Å². The molecular formula is C11H12BrCl2NO. The fraction of sp³-hybridized carbons (Fsp3) is 0.455. The maximum Gasteiger partial charge on any atom is 0.139 e. The molecule has 1 fully saturated rings. The summed E-state index contributed by atoms with van der Waals surface area (Å²) in [4.78, 5) is 0. The van der Waals surface area contributed by atoms with Crippen molar-refractivity contribution in [1.29, 1.82) is 0 Å². The van der Waals surface area contributed by atoms with Gasteiger partial charge in [0.15, 0.2) is 0 Å². The zero-order chi connectivity index (χ0) is 11.5. The first-order valence-corrected chi connectivity index (χ1v) is 6.70. The van der Waals surface area contributed by atoms with Crippen molar-refractivity contribution in [2.45, 2.75) is 6.42 Å². The molecule has 0 aromatic heterocycles. The lowest BCUT2D eigenvalue weighted by molar-refractivity contribution is 0.260. The predicted octanol–water partition coefficient (Wildman–Crippen LogP) is 3.74. The number of hydrogen-bond acceptors (Lipinski definition) is 2. The summed E-state index contributed by atoms with van der Waals surface area (Å²) < 4.78 is 6.47. The molecule has 5 heteroatoms. The molecule has 1 aromatic rings. The van der Waals surface area contributed by atoms with Crippen molar-refractivity contribution in [2.75, 3.05) is 19.7 Å². The van der Waals surface area contributed by atoms with Crippen LogP contribution in [0.5, 0.6) is 5.75 Å². The van der Waals surface area contributed by atoms with Gasteiger partial charge in [-0.25, -0.2) is 0 Å². The number of halogens is 3. The van der Waals surface area contributed by atoms with Gasteiger partial charge < -0.3 is 10.1 Å². The summed E-state index contributed by atoms with van der Waals surface area (Å²) in [6, 6.07) is 3.50. The largest absolute Gasteiger partial charge is 0.492 e. The van der Waals surface area contributed by atoms with Gasteiger partial charge in [0.05, 0.1) is 16.7 Å². The summed E-state index contributed by atoms with van der Waals surface area (Å²) in [7, 11) is 0. The third-order valence-corrected chi connectivity index (χ3v) is 4.10. The SMILES string of the molecule is Clc1cc(OCC2CCNC2)c(Cl)cc1Br. The van der Waals surface area contributed by atoms with E-state index in [4.69, 9.17) is 27.9 Å². The summed E-state index contributed by atoms with van der Waals surface area (Å²) in [6.45, 7) is 2.77. The quantitative estimate of drug-likeness (QED) is 0.855. The molecule has 88 valence electrons. The number of rotatable bonds is 3. The number of nitrogens with one attached hydrogen (secondary N) is 1. The molecule has 0 aliphatic carbocycles. The highest BCUT2D eigenvalue weighted by Crippen LogP contribution is 2.34. The fourth-order valence-corrected chi connectivity index (χ4v) is 2.53. The minimum absolute atomic E-state index is 0.568. The fourth-order valence-electron chi connectivity index (χ4n) is 1.68. The number of ether oxygens (including phenoxy) is 1. The molecule has 2 rings (SSSR count). The van der Waals surface area contributed by atoms with Crippen molar-refractivity contribution >= 4 is 39.1 Å².